The molecule has 0 radical (unpaired) electrons. The summed E-state index contributed by atoms with van der Waals surface area (Å²) >= 11 is 0. The van der Waals surface area contributed by atoms with Crippen LogP contribution in [0.4, 0.5) is 0 Å². The molecule has 0 fully saturated rings. The van der Waals surface area contributed by atoms with Crippen LogP contribution >= 0.6 is 0 Å². The summed E-state index contributed by atoms with van der Waals surface area (Å²) in [5.41, 5.74) is 0. The van der Waals surface area contributed by atoms with Gasteiger partial charge in [0.15, 0.2) is 0 Å². The summed E-state index contributed by atoms with van der Waals surface area (Å²) in [6.07, 6.45) is -0.221. The number of rotatable bonds is 10. The number of nitrogens with one attached hydrogen (secondary N) is 2. The maximum Gasteiger partial charge on any atom is 0.221 e. The first-order chi connectivity index (χ1) is 10.2. The van der Waals surface area contributed by atoms with Crippen LogP contribution < -0.4 is 20.1 Å². The molecule has 0 bridgehead atoms. The van der Waals surface area contributed by atoms with Gasteiger partial charge in [-0.05, 0) is 31.2 Å². The average Bonchev–Trinajstić information content (AvgIpc) is 2.50. The third kappa shape index (κ3) is 7.53. The van der Waals surface area contributed by atoms with E-state index in [0.29, 0.717) is 31.8 Å². The van der Waals surface area contributed by atoms with Crippen LogP contribution in [0.15, 0.2) is 24.3 Å². The van der Waals surface area contributed by atoms with Gasteiger partial charge < -0.3 is 25.2 Å². The number of ether oxygens (including phenoxy) is 2. The molecule has 1 rings (SSSR count). The van der Waals surface area contributed by atoms with Crippen molar-refractivity contribution in [3.05, 3.63) is 24.3 Å². The number of methoxy groups -OCH3 is 1. The van der Waals surface area contributed by atoms with Crippen molar-refractivity contribution in [3.8, 4) is 11.5 Å². The summed E-state index contributed by atoms with van der Waals surface area (Å²) in [7, 11) is 1.60. The summed E-state index contributed by atoms with van der Waals surface area (Å²) in [6, 6.07) is 7.17. The second-order valence-corrected chi connectivity index (χ2v) is 4.55. The minimum absolute atomic E-state index is 0.00831. The van der Waals surface area contributed by atoms with Crippen LogP contribution in [0.25, 0.3) is 0 Å². The molecule has 0 aliphatic heterocycles. The lowest BCUT2D eigenvalue weighted by molar-refractivity contribution is -0.120. The van der Waals surface area contributed by atoms with Crippen molar-refractivity contribution in [2.24, 2.45) is 0 Å². The van der Waals surface area contributed by atoms with Gasteiger partial charge in [-0.15, -0.1) is 0 Å². The monoisotopic (exact) mass is 296 g/mol. The molecule has 6 heteroatoms. The molecule has 0 heterocycles. The molecule has 1 aromatic carbocycles. The summed E-state index contributed by atoms with van der Waals surface area (Å²) in [5, 5.41) is 15.5. The van der Waals surface area contributed by atoms with Crippen LogP contribution in [0, 0.1) is 0 Å². The molecular weight excluding hydrogens is 272 g/mol. The highest BCUT2D eigenvalue weighted by atomic mass is 16.5. The van der Waals surface area contributed by atoms with E-state index in [-0.39, 0.29) is 12.5 Å². The van der Waals surface area contributed by atoms with Crippen molar-refractivity contribution in [1.82, 2.24) is 10.6 Å². The van der Waals surface area contributed by atoms with Crippen molar-refractivity contribution in [1.29, 1.82) is 0 Å². The molecule has 118 valence electrons. The Balaban J connectivity index is 2.13. The highest BCUT2D eigenvalue weighted by Crippen LogP contribution is 2.16. The standard InChI is InChI=1S/C15H24N2O4/c1-3-17-15(19)8-9-16-10-12(18)11-21-14-6-4-13(20-2)5-7-14/h4-7,12,16,18H,3,8-11H2,1-2H3,(H,17,19). The molecule has 3 N–H and O–H groups in total. The first kappa shape index (κ1) is 17.3. The number of hydrogen-bond acceptors (Lipinski definition) is 5. The number of benzene rings is 1. The van der Waals surface area contributed by atoms with Gasteiger partial charge in [0.2, 0.25) is 5.91 Å². The third-order valence-electron chi connectivity index (χ3n) is 2.78. The lowest BCUT2D eigenvalue weighted by Gasteiger charge is -2.13. The molecule has 0 aromatic heterocycles. The van der Waals surface area contributed by atoms with Crippen molar-refractivity contribution in [2.75, 3.05) is 33.4 Å². The Labute approximate surface area is 125 Å². The topological polar surface area (TPSA) is 79.8 Å². The number of amides is 1. The Morgan fingerprint density at radius 1 is 1.29 bits per heavy atom. The minimum atomic E-state index is -0.624. The van der Waals surface area contributed by atoms with Gasteiger partial charge in [-0.1, -0.05) is 0 Å². The van der Waals surface area contributed by atoms with E-state index < -0.39 is 6.10 Å². The van der Waals surface area contributed by atoms with Gasteiger partial charge >= 0.3 is 0 Å². The zero-order valence-electron chi connectivity index (χ0n) is 12.6. The fourth-order valence-corrected chi connectivity index (χ4v) is 1.68. The van der Waals surface area contributed by atoms with E-state index in [0.717, 1.165) is 5.75 Å². The number of hydrogen-bond donors (Lipinski definition) is 3. The number of aliphatic hydroxyl groups excluding tert-OH is 1. The highest BCUT2D eigenvalue weighted by molar-refractivity contribution is 5.75. The second-order valence-electron chi connectivity index (χ2n) is 4.55. The van der Waals surface area contributed by atoms with Gasteiger partial charge in [-0.3, -0.25) is 4.79 Å². The first-order valence-electron chi connectivity index (χ1n) is 7.08. The van der Waals surface area contributed by atoms with Crippen molar-refractivity contribution >= 4 is 5.91 Å². The lowest BCUT2D eigenvalue weighted by atomic mass is 10.3. The highest BCUT2D eigenvalue weighted by Gasteiger charge is 2.06. The summed E-state index contributed by atoms with van der Waals surface area (Å²) in [6.45, 7) is 3.63. The van der Waals surface area contributed by atoms with E-state index in [1.165, 1.54) is 0 Å². The Morgan fingerprint density at radius 2 is 1.95 bits per heavy atom. The molecule has 0 aliphatic carbocycles. The Hall–Kier alpha value is -1.79. The normalized spacial score (nSPS) is 11.8. The van der Waals surface area contributed by atoms with Crippen LogP contribution in [0.3, 0.4) is 0 Å². The molecular formula is C15H24N2O4. The smallest absolute Gasteiger partial charge is 0.221 e. The zero-order valence-corrected chi connectivity index (χ0v) is 12.6. The van der Waals surface area contributed by atoms with Gasteiger partial charge in [-0.2, -0.15) is 0 Å². The summed E-state index contributed by atoms with van der Waals surface area (Å²) in [5.74, 6) is 1.45. The second kappa shape index (κ2) is 10.0. The van der Waals surface area contributed by atoms with Gasteiger partial charge in [0.1, 0.15) is 24.2 Å². The van der Waals surface area contributed by atoms with Crippen LogP contribution in [0.2, 0.25) is 0 Å². The van der Waals surface area contributed by atoms with Crippen LogP contribution in [-0.2, 0) is 4.79 Å². The summed E-state index contributed by atoms with van der Waals surface area (Å²) in [4.78, 5) is 11.2. The van der Waals surface area contributed by atoms with Crippen LogP contribution in [-0.4, -0.2) is 50.5 Å². The molecule has 0 spiro atoms. The van der Waals surface area contributed by atoms with Crippen LogP contribution in [0.1, 0.15) is 13.3 Å². The molecule has 1 amide bonds. The summed E-state index contributed by atoms with van der Waals surface area (Å²) < 4.78 is 10.5. The number of carbonyl (C=O) groups excluding carboxylic acids is 1. The molecule has 0 saturated carbocycles. The van der Waals surface area contributed by atoms with Crippen LogP contribution in [0.5, 0.6) is 11.5 Å². The number of aliphatic hydroxyl groups is 1. The van der Waals surface area contributed by atoms with E-state index >= 15 is 0 Å². The molecule has 21 heavy (non-hydrogen) atoms. The molecule has 1 unspecified atom stereocenters. The largest absolute Gasteiger partial charge is 0.497 e. The quantitative estimate of drug-likeness (QED) is 0.550. The predicted octanol–water partition coefficient (Wildman–Crippen LogP) is 0.551. The van der Waals surface area contributed by atoms with Gasteiger partial charge in [0, 0.05) is 26.1 Å². The fraction of sp³-hybridized carbons (Fsp3) is 0.533. The van der Waals surface area contributed by atoms with E-state index in [1.54, 1.807) is 31.4 Å². The van der Waals surface area contributed by atoms with E-state index in [4.69, 9.17) is 9.47 Å². The van der Waals surface area contributed by atoms with E-state index in [2.05, 4.69) is 10.6 Å². The Morgan fingerprint density at radius 3 is 2.57 bits per heavy atom. The van der Waals surface area contributed by atoms with E-state index in [9.17, 15) is 9.90 Å². The molecule has 0 aliphatic rings. The molecule has 1 aromatic rings. The van der Waals surface area contributed by atoms with Crippen molar-refractivity contribution in [3.63, 3.8) is 0 Å². The Bertz CT molecular complexity index is 409. The zero-order chi connectivity index (χ0) is 15.5. The number of carbonyl (C=O) groups is 1. The molecule has 6 nitrogen and oxygen atoms in total. The van der Waals surface area contributed by atoms with Gasteiger partial charge in [0.05, 0.1) is 7.11 Å². The van der Waals surface area contributed by atoms with Crippen molar-refractivity contribution in [2.45, 2.75) is 19.4 Å². The maximum absolute atomic E-state index is 11.2. The first-order valence-corrected chi connectivity index (χ1v) is 7.08. The van der Waals surface area contributed by atoms with Gasteiger partial charge in [0.25, 0.3) is 0 Å². The third-order valence-corrected chi connectivity index (χ3v) is 2.78. The van der Waals surface area contributed by atoms with Gasteiger partial charge in [-0.25, -0.2) is 0 Å². The minimum Gasteiger partial charge on any atom is -0.497 e. The Kier molecular flexibility index (Phi) is 8.23. The van der Waals surface area contributed by atoms with Crippen molar-refractivity contribution < 1.29 is 19.4 Å². The predicted molar refractivity (Wildman–Crippen MR) is 80.7 cm³/mol. The molecule has 0 saturated heterocycles. The van der Waals surface area contributed by atoms with E-state index in [1.807, 2.05) is 6.92 Å². The SMILES string of the molecule is CCNC(=O)CCNCC(O)COc1ccc(OC)cc1. The fourth-order valence-electron chi connectivity index (χ4n) is 1.68. The molecule has 1 atom stereocenters. The maximum atomic E-state index is 11.2. The lowest BCUT2D eigenvalue weighted by Crippen LogP contribution is -2.34. The average molecular weight is 296 g/mol.